The van der Waals surface area contributed by atoms with Crippen LogP contribution >= 0.6 is 0 Å². The Hall–Kier alpha value is -4.35. The fourth-order valence-corrected chi connectivity index (χ4v) is 4.41. The van der Waals surface area contributed by atoms with Crippen LogP contribution in [0.2, 0.25) is 0 Å². The van der Waals surface area contributed by atoms with Crippen LogP contribution in [0, 0.1) is 0 Å². The molecule has 2 amide bonds. The number of ether oxygens (including phenoxy) is 1. The summed E-state index contributed by atoms with van der Waals surface area (Å²) in [6, 6.07) is 13.8. The Morgan fingerprint density at radius 3 is 2.29 bits per heavy atom. The van der Waals surface area contributed by atoms with Crippen LogP contribution in [-0.2, 0) is 23.8 Å². The Kier molecular flexibility index (Phi) is 8.69. The number of anilines is 3. The van der Waals surface area contributed by atoms with Crippen molar-refractivity contribution in [1.29, 1.82) is 0 Å². The fraction of sp³-hybridized carbons (Fsp3) is 0.379. The Labute approximate surface area is 236 Å². The van der Waals surface area contributed by atoms with Gasteiger partial charge in [0.2, 0.25) is 11.9 Å². The lowest BCUT2D eigenvalue weighted by Gasteiger charge is -2.36. The SMILES string of the molecule is CC(C)(C)OC(=O)N1CCN(c2ccc(Nc3ncc(C(F)(F)F)c(CCc4cccc(C(N)=O)c4)n3)cc2)CC1. The number of carbonyl (C=O) groups excluding carboxylic acids is 2. The summed E-state index contributed by atoms with van der Waals surface area (Å²) in [6.45, 7) is 7.84. The zero-order valence-electron chi connectivity index (χ0n) is 23.2. The average Bonchev–Trinajstić information content (AvgIpc) is 2.91. The zero-order chi connectivity index (χ0) is 29.8. The molecule has 1 aliphatic rings. The van der Waals surface area contributed by atoms with Crippen molar-refractivity contribution in [3.8, 4) is 0 Å². The van der Waals surface area contributed by atoms with E-state index in [0.29, 0.717) is 37.4 Å². The van der Waals surface area contributed by atoms with Gasteiger partial charge in [0, 0.05) is 49.3 Å². The van der Waals surface area contributed by atoms with E-state index in [9.17, 15) is 22.8 Å². The van der Waals surface area contributed by atoms with Crippen molar-refractivity contribution < 1.29 is 27.5 Å². The normalized spacial score (nSPS) is 14.1. The monoisotopic (exact) mass is 570 g/mol. The van der Waals surface area contributed by atoms with Crippen molar-refractivity contribution in [3.63, 3.8) is 0 Å². The first-order chi connectivity index (χ1) is 19.3. The van der Waals surface area contributed by atoms with E-state index in [1.54, 1.807) is 41.3 Å². The highest BCUT2D eigenvalue weighted by Gasteiger charge is 2.35. The number of hydrogen-bond acceptors (Lipinski definition) is 7. The number of benzene rings is 2. The van der Waals surface area contributed by atoms with Gasteiger partial charge in [-0.2, -0.15) is 13.2 Å². The van der Waals surface area contributed by atoms with Gasteiger partial charge in [0.15, 0.2) is 0 Å². The summed E-state index contributed by atoms with van der Waals surface area (Å²) < 4.78 is 46.5. The van der Waals surface area contributed by atoms with Crippen LogP contribution in [0.3, 0.4) is 0 Å². The van der Waals surface area contributed by atoms with Gasteiger partial charge in [-0.05, 0) is 75.6 Å². The number of carbonyl (C=O) groups is 2. The van der Waals surface area contributed by atoms with E-state index in [1.807, 2.05) is 32.9 Å². The van der Waals surface area contributed by atoms with Crippen molar-refractivity contribution in [3.05, 3.63) is 77.1 Å². The van der Waals surface area contributed by atoms with Gasteiger partial charge in [0.1, 0.15) is 5.60 Å². The van der Waals surface area contributed by atoms with Gasteiger partial charge in [0.05, 0.1) is 11.3 Å². The van der Waals surface area contributed by atoms with Crippen LogP contribution < -0.4 is 16.0 Å². The molecule has 2 aromatic carbocycles. The maximum absolute atomic E-state index is 13.7. The van der Waals surface area contributed by atoms with Gasteiger partial charge in [0.25, 0.3) is 0 Å². The first-order valence-electron chi connectivity index (χ1n) is 13.2. The van der Waals surface area contributed by atoms with E-state index >= 15 is 0 Å². The molecular weight excluding hydrogens is 537 g/mol. The second-order valence-electron chi connectivity index (χ2n) is 10.7. The number of alkyl halides is 3. The van der Waals surface area contributed by atoms with E-state index in [-0.39, 0.29) is 36.1 Å². The Balaban J connectivity index is 1.41. The number of amides is 2. The molecule has 41 heavy (non-hydrogen) atoms. The Morgan fingerprint density at radius 2 is 1.68 bits per heavy atom. The van der Waals surface area contributed by atoms with Crippen molar-refractivity contribution in [2.45, 2.75) is 45.4 Å². The zero-order valence-corrected chi connectivity index (χ0v) is 23.2. The van der Waals surface area contributed by atoms with E-state index in [0.717, 1.165) is 11.9 Å². The molecule has 1 aliphatic heterocycles. The smallest absolute Gasteiger partial charge is 0.419 e. The molecule has 0 unspecified atom stereocenters. The van der Waals surface area contributed by atoms with Gasteiger partial charge in [-0.3, -0.25) is 4.79 Å². The number of halogens is 3. The molecule has 1 saturated heterocycles. The molecule has 0 bridgehead atoms. The molecule has 0 spiro atoms. The number of primary amides is 1. The van der Waals surface area contributed by atoms with Gasteiger partial charge < -0.3 is 25.6 Å². The largest absolute Gasteiger partial charge is 0.444 e. The van der Waals surface area contributed by atoms with E-state index in [1.165, 1.54) is 0 Å². The molecule has 218 valence electrons. The van der Waals surface area contributed by atoms with Crippen LogP contribution in [0.4, 0.5) is 35.3 Å². The topological polar surface area (TPSA) is 114 Å². The molecule has 4 rings (SSSR count). The summed E-state index contributed by atoms with van der Waals surface area (Å²) >= 11 is 0. The van der Waals surface area contributed by atoms with Crippen molar-refractivity contribution in [2.24, 2.45) is 5.73 Å². The number of rotatable bonds is 7. The quantitative estimate of drug-likeness (QED) is 0.402. The summed E-state index contributed by atoms with van der Waals surface area (Å²) in [5.74, 6) is -0.567. The van der Waals surface area contributed by atoms with Crippen LogP contribution in [-0.4, -0.2) is 58.6 Å². The first kappa shape index (κ1) is 29.6. The predicted octanol–water partition coefficient (Wildman–Crippen LogP) is 5.18. The van der Waals surface area contributed by atoms with Crippen molar-refractivity contribution in [1.82, 2.24) is 14.9 Å². The second kappa shape index (κ2) is 12.0. The molecule has 3 aromatic rings. The average molecular weight is 571 g/mol. The van der Waals surface area contributed by atoms with Gasteiger partial charge >= 0.3 is 12.3 Å². The van der Waals surface area contributed by atoms with E-state index in [4.69, 9.17) is 10.5 Å². The molecule has 9 nitrogen and oxygen atoms in total. The van der Waals surface area contributed by atoms with Crippen LogP contribution in [0.1, 0.15) is 48.0 Å². The van der Waals surface area contributed by atoms with Crippen molar-refractivity contribution in [2.75, 3.05) is 36.4 Å². The first-order valence-corrected chi connectivity index (χ1v) is 13.2. The third-order valence-corrected chi connectivity index (χ3v) is 6.46. The van der Waals surface area contributed by atoms with E-state index in [2.05, 4.69) is 20.2 Å². The third-order valence-electron chi connectivity index (χ3n) is 6.46. The minimum Gasteiger partial charge on any atom is -0.444 e. The molecule has 12 heteroatoms. The van der Waals surface area contributed by atoms with Crippen LogP contribution in [0.5, 0.6) is 0 Å². The highest BCUT2D eigenvalue weighted by atomic mass is 19.4. The molecule has 1 fully saturated rings. The van der Waals surface area contributed by atoms with Crippen LogP contribution in [0.25, 0.3) is 0 Å². The minimum absolute atomic E-state index is 0.0114. The number of hydrogen-bond donors (Lipinski definition) is 2. The Morgan fingerprint density at radius 1 is 1.00 bits per heavy atom. The number of nitrogens with two attached hydrogens (primary N) is 1. The van der Waals surface area contributed by atoms with Gasteiger partial charge in [-0.15, -0.1) is 0 Å². The number of nitrogens with one attached hydrogen (secondary N) is 1. The van der Waals surface area contributed by atoms with E-state index < -0.39 is 23.2 Å². The van der Waals surface area contributed by atoms with Crippen molar-refractivity contribution >= 4 is 29.3 Å². The highest BCUT2D eigenvalue weighted by molar-refractivity contribution is 5.92. The maximum atomic E-state index is 13.7. The van der Waals surface area contributed by atoms with Crippen LogP contribution in [0.15, 0.2) is 54.7 Å². The lowest BCUT2D eigenvalue weighted by Crippen LogP contribution is -2.50. The number of aromatic nitrogens is 2. The lowest BCUT2D eigenvalue weighted by atomic mass is 10.0. The van der Waals surface area contributed by atoms with Gasteiger partial charge in [-0.25, -0.2) is 14.8 Å². The Bertz CT molecular complexity index is 1380. The number of nitrogens with zero attached hydrogens (tertiary/aromatic N) is 4. The summed E-state index contributed by atoms with van der Waals surface area (Å²) in [5, 5.41) is 2.98. The number of aryl methyl sites for hydroxylation is 2. The molecule has 1 aromatic heterocycles. The lowest BCUT2D eigenvalue weighted by molar-refractivity contribution is -0.138. The fourth-order valence-electron chi connectivity index (χ4n) is 4.41. The highest BCUT2D eigenvalue weighted by Crippen LogP contribution is 2.32. The molecule has 0 aliphatic carbocycles. The molecule has 3 N–H and O–H groups in total. The number of piperazine rings is 1. The standard InChI is InChI=1S/C29H33F3N6O3/c1-28(2,3)41-27(40)38-15-13-37(14-16-38)22-10-8-21(9-11-22)35-26-34-18-23(29(30,31)32)24(36-26)12-7-19-5-4-6-20(17-19)25(33)39/h4-6,8-11,17-18H,7,12-16H2,1-3H3,(H2,33,39)(H,34,35,36). The summed E-state index contributed by atoms with van der Waals surface area (Å²) in [7, 11) is 0. The minimum atomic E-state index is -4.61. The van der Waals surface area contributed by atoms with Gasteiger partial charge in [-0.1, -0.05) is 12.1 Å². The molecule has 0 atom stereocenters. The second-order valence-corrected chi connectivity index (χ2v) is 10.7. The molecule has 0 saturated carbocycles. The summed E-state index contributed by atoms with van der Waals surface area (Å²) in [5.41, 5.74) is 6.23. The summed E-state index contributed by atoms with van der Waals surface area (Å²) in [4.78, 5) is 35.7. The molecular formula is C29H33F3N6O3. The third kappa shape index (κ3) is 8.09. The maximum Gasteiger partial charge on any atom is 0.419 e. The summed E-state index contributed by atoms with van der Waals surface area (Å²) in [6.07, 6.45) is -3.94. The molecule has 0 radical (unpaired) electrons. The predicted molar refractivity (Wildman–Crippen MR) is 149 cm³/mol. The molecule has 2 heterocycles.